The zero-order chi connectivity index (χ0) is 17.5. The number of ether oxygens (including phenoxy) is 1. The van der Waals surface area contributed by atoms with Crippen LogP contribution in [0.3, 0.4) is 0 Å². The monoisotopic (exact) mass is 334 g/mol. The number of rotatable bonds is 6. The van der Waals surface area contributed by atoms with E-state index in [4.69, 9.17) is 4.74 Å². The largest absolute Gasteiger partial charge is 0.497 e. The third-order valence-corrected chi connectivity index (χ3v) is 3.56. The van der Waals surface area contributed by atoms with Crippen molar-refractivity contribution >= 4 is 17.4 Å². The lowest BCUT2D eigenvalue weighted by Gasteiger charge is -2.07. The molecular weight excluding hydrogens is 316 g/mol. The third-order valence-electron chi connectivity index (χ3n) is 3.56. The Labute approximate surface area is 145 Å². The maximum Gasteiger partial charge on any atom is 0.272 e. The predicted octanol–water partition coefficient (Wildman–Crippen LogP) is 3.16. The Kier molecular flexibility index (Phi) is 5.21. The number of nitrogens with one attached hydrogen (secondary N) is 2. The molecule has 2 aromatic carbocycles. The lowest BCUT2D eigenvalue weighted by Crippen LogP contribution is -2.24. The molecule has 0 unspecified atom stereocenters. The van der Waals surface area contributed by atoms with Gasteiger partial charge < -0.3 is 15.4 Å². The molecule has 1 heterocycles. The molecule has 6 heteroatoms. The Morgan fingerprint density at radius 2 is 1.72 bits per heavy atom. The summed E-state index contributed by atoms with van der Waals surface area (Å²) in [5.41, 5.74) is 2.16. The minimum atomic E-state index is -0.257. The van der Waals surface area contributed by atoms with Crippen molar-refractivity contribution in [3.8, 4) is 5.75 Å². The lowest BCUT2D eigenvalue weighted by atomic mass is 10.2. The summed E-state index contributed by atoms with van der Waals surface area (Å²) in [4.78, 5) is 12.1. The lowest BCUT2D eigenvalue weighted by molar-refractivity contribution is 0.0945. The van der Waals surface area contributed by atoms with Crippen LogP contribution in [-0.4, -0.2) is 23.2 Å². The van der Waals surface area contributed by atoms with Gasteiger partial charge in [0, 0.05) is 12.2 Å². The SMILES string of the molecule is COc1ccc(Nc2ccc(C(=O)NCc3ccccc3)nn2)cc1. The van der Waals surface area contributed by atoms with Gasteiger partial charge >= 0.3 is 0 Å². The van der Waals surface area contributed by atoms with Crippen LogP contribution in [0.5, 0.6) is 5.75 Å². The summed E-state index contributed by atoms with van der Waals surface area (Å²) in [7, 11) is 1.62. The Hall–Kier alpha value is -3.41. The van der Waals surface area contributed by atoms with Crippen LogP contribution in [-0.2, 0) is 6.54 Å². The summed E-state index contributed by atoms with van der Waals surface area (Å²) >= 11 is 0. The molecule has 0 spiro atoms. The first-order valence-corrected chi connectivity index (χ1v) is 7.81. The van der Waals surface area contributed by atoms with E-state index in [-0.39, 0.29) is 11.6 Å². The van der Waals surface area contributed by atoms with E-state index in [9.17, 15) is 4.79 Å². The summed E-state index contributed by atoms with van der Waals surface area (Å²) in [6, 6.07) is 20.5. The number of hydrogen-bond acceptors (Lipinski definition) is 5. The van der Waals surface area contributed by atoms with Crippen LogP contribution in [0.15, 0.2) is 66.7 Å². The van der Waals surface area contributed by atoms with Crippen molar-refractivity contribution in [1.29, 1.82) is 0 Å². The van der Waals surface area contributed by atoms with Crippen LogP contribution < -0.4 is 15.4 Å². The highest BCUT2D eigenvalue weighted by Crippen LogP contribution is 2.18. The number of benzene rings is 2. The van der Waals surface area contributed by atoms with Crippen LogP contribution in [0.25, 0.3) is 0 Å². The molecule has 0 bridgehead atoms. The first-order chi connectivity index (χ1) is 12.2. The van der Waals surface area contributed by atoms with E-state index in [2.05, 4.69) is 20.8 Å². The average molecular weight is 334 g/mol. The van der Waals surface area contributed by atoms with Gasteiger partial charge in [-0.2, -0.15) is 0 Å². The summed E-state index contributed by atoms with van der Waals surface area (Å²) in [5, 5.41) is 14.0. The highest BCUT2D eigenvalue weighted by molar-refractivity contribution is 5.92. The van der Waals surface area contributed by atoms with E-state index in [1.165, 1.54) is 0 Å². The predicted molar refractivity (Wildman–Crippen MR) is 95.9 cm³/mol. The number of amides is 1. The Morgan fingerprint density at radius 3 is 2.36 bits per heavy atom. The van der Waals surface area contributed by atoms with E-state index in [0.717, 1.165) is 17.0 Å². The zero-order valence-electron chi connectivity index (χ0n) is 13.8. The highest BCUT2D eigenvalue weighted by Gasteiger charge is 2.08. The zero-order valence-corrected chi connectivity index (χ0v) is 13.8. The molecule has 0 aliphatic rings. The first kappa shape index (κ1) is 16.4. The second-order valence-electron chi connectivity index (χ2n) is 5.33. The Balaban J connectivity index is 1.58. The molecule has 0 aliphatic carbocycles. The Bertz CT molecular complexity index is 818. The van der Waals surface area contributed by atoms with Gasteiger partial charge in [-0.15, -0.1) is 10.2 Å². The van der Waals surface area contributed by atoms with Crippen molar-refractivity contribution < 1.29 is 9.53 Å². The standard InChI is InChI=1S/C19H18N4O2/c1-25-16-9-7-15(8-10-16)21-18-12-11-17(22-23-18)19(24)20-13-14-5-3-2-4-6-14/h2-12H,13H2,1H3,(H,20,24)(H,21,23). The van der Waals surface area contributed by atoms with Crippen LogP contribution in [0.4, 0.5) is 11.5 Å². The van der Waals surface area contributed by atoms with Gasteiger partial charge in [0.05, 0.1) is 7.11 Å². The smallest absolute Gasteiger partial charge is 0.272 e. The maximum atomic E-state index is 12.1. The number of anilines is 2. The fourth-order valence-electron chi connectivity index (χ4n) is 2.21. The third kappa shape index (κ3) is 4.54. The highest BCUT2D eigenvalue weighted by atomic mass is 16.5. The van der Waals surface area contributed by atoms with Crippen LogP contribution in [0, 0.1) is 0 Å². The molecule has 0 saturated carbocycles. The van der Waals surface area contributed by atoms with Crippen molar-refractivity contribution in [2.75, 3.05) is 12.4 Å². The number of nitrogens with zero attached hydrogens (tertiary/aromatic N) is 2. The van der Waals surface area contributed by atoms with Crippen LogP contribution in [0.2, 0.25) is 0 Å². The van der Waals surface area contributed by atoms with Crippen LogP contribution in [0.1, 0.15) is 16.1 Å². The van der Waals surface area contributed by atoms with Crippen LogP contribution >= 0.6 is 0 Å². The maximum absolute atomic E-state index is 12.1. The minimum Gasteiger partial charge on any atom is -0.497 e. The number of aromatic nitrogens is 2. The fraction of sp³-hybridized carbons (Fsp3) is 0.105. The van der Waals surface area contributed by atoms with Gasteiger partial charge in [-0.05, 0) is 42.0 Å². The van der Waals surface area contributed by atoms with Crippen molar-refractivity contribution in [1.82, 2.24) is 15.5 Å². The molecule has 1 aromatic heterocycles. The second-order valence-corrected chi connectivity index (χ2v) is 5.33. The van der Waals surface area contributed by atoms with Crippen molar-refractivity contribution in [3.63, 3.8) is 0 Å². The normalized spacial score (nSPS) is 10.1. The van der Waals surface area contributed by atoms with E-state index < -0.39 is 0 Å². The molecule has 0 radical (unpaired) electrons. The molecule has 3 aromatic rings. The molecule has 6 nitrogen and oxygen atoms in total. The van der Waals surface area contributed by atoms with Gasteiger partial charge in [-0.1, -0.05) is 30.3 Å². The molecule has 3 rings (SSSR count). The van der Waals surface area contributed by atoms with Gasteiger partial charge in [0.25, 0.3) is 5.91 Å². The summed E-state index contributed by atoms with van der Waals surface area (Å²) in [6.07, 6.45) is 0. The second kappa shape index (κ2) is 7.92. The van der Waals surface area contributed by atoms with Crippen molar-refractivity contribution in [3.05, 3.63) is 78.0 Å². The van der Waals surface area contributed by atoms with E-state index in [0.29, 0.717) is 12.4 Å². The fourth-order valence-corrected chi connectivity index (χ4v) is 2.21. The van der Waals surface area contributed by atoms with E-state index in [1.807, 2.05) is 54.6 Å². The number of carbonyl (C=O) groups is 1. The first-order valence-electron chi connectivity index (χ1n) is 7.81. The molecule has 25 heavy (non-hydrogen) atoms. The molecule has 1 amide bonds. The summed E-state index contributed by atoms with van der Waals surface area (Å²) < 4.78 is 5.12. The van der Waals surface area contributed by atoms with E-state index >= 15 is 0 Å². The van der Waals surface area contributed by atoms with Gasteiger partial charge in [0.2, 0.25) is 0 Å². The van der Waals surface area contributed by atoms with Crippen molar-refractivity contribution in [2.45, 2.75) is 6.54 Å². The number of hydrogen-bond donors (Lipinski definition) is 2. The van der Waals surface area contributed by atoms with Crippen molar-refractivity contribution in [2.24, 2.45) is 0 Å². The molecule has 0 fully saturated rings. The molecule has 126 valence electrons. The minimum absolute atomic E-state index is 0.257. The van der Waals surface area contributed by atoms with Gasteiger partial charge in [0.15, 0.2) is 11.5 Å². The number of carbonyl (C=O) groups excluding carboxylic acids is 1. The Morgan fingerprint density at radius 1 is 0.960 bits per heavy atom. The average Bonchev–Trinajstić information content (AvgIpc) is 2.68. The topological polar surface area (TPSA) is 76.1 Å². The summed E-state index contributed by atoms with van der Waals surface area (Å²) in [6.45, 7) is 0.452. The molecule has 0 aliphatic heterocycles. The van der Waals surface area contributed by atoms with E-state index in [1.54, 1.807) is 19.2 Å². The molecule has 0 saturated heterocycles. The molecular formula is C19H18N4O2. The van der Waals surface area contributed by atoms with Gasteiger partial charge in [-0.25, -0.2) is 0 Å². The van der Waals surface area contributed by atoms with Gasteiger partial charge in [-0.3, -0.25) is 4.79 Å². The quantitative estimate of drug-likeness (QED) is 0.724. The summed E-state index contributed by atoms with van der Waals surface area (Å²) in [5.74, 6) is 1.08. The van der Waals surface area contributed by atoms with Gasteiger partial charge in [0.1, 0.15) is 5.75 Å². The molecule has 0 atom stereocenters. The molecule has 2 N–H and O–H groups in total. The number of methoxy groups -OCH3 is 1.